The Bertz CT molecular complexity index is 940. The number of hydrogen-bond donors (Lipinski definition) is 1. The molecule has 0 saturated heterocycles. The maximum absolute atomic E-state index is 13.2. The summed E-state index contributed by atoms with van der Waals surface area (Å²) in [7, 11) is -4.40. The number of benzene rings is 3. The minimum absolute atomic E-state index is 0.0995. The van der Waals surface area contributed by atoms with Gasteiger partial charge < -0.3 is 0 Å². The Hall–Kier alpha value is -2.07. The van der Waals surface area contributed by atoms with E-state index in [-0.39, 0.29) is 15.1 Å². The number of phosphoric acid groups is 1. The zero-order valence-electron chi connectivity index (χ0n) is 14.6. The second-order valence-corrected chi connectivity index (χ2v) is 10.7. The molecule has 0 spiro atoms. The van der Waals surface area contributed by atoms with Crippen molar-refractivity contribution < 1.29 is 33.1 Å². The Kier molecular flexibility index (Phi) is 6.84. The molecule has 0 heterocycles. The zero-order valence-corrected chi connectivity index (χ0v) is 17.7. The van der Waals surface area contributed by atoms with E-state index in [9.17, 15) is 21.2 Å². The molecule has 0 aliphatic rings. The van der Waals surface area contributed by atoms with E-state index in [0.717, 1.165) is 18.2 Å². The van der Waals surface area contributed by atoms with Crippen molar-refractivity contribution in [3.8, 4) is 11.5 Å². The van der Waals surface area contributed by atoms with Crippen molar-refractivity contribution in [3.63, 3.8) is 0 Å². The van der Waals surface area contributed by atoms with Crippen molar-refractivity contribution in [1.29, 1.82) is 0 Å². The van der Waals surface area contributed by atoms with Gasteiger partial charge in [-0.25, -0.2) is 0 Å². The first kappa shape index (κ1) is 21.6. The van der Waals surface area contributed by atoms with E-state index in [1.807, 2.05) is 0 Å². The molecular weight excluding hydrogens is 523 g/mol. The van der Waals surface area contributed by atoms with Crippen LogP contribution in [0, 0.1) is 3.57 Å². The van der Waals surface area contributed by atoms with Crippen LogP contribution < -0.4 is 9.05 Å². The van der Waals surface area contributed by atoms with Gasteiger partial charge in [0, 0.05) is 0 Å². The first-order valence-corrected chi connectivity index (χ1v) is 12.5. The predicted molar refractivity (Wildman–Crippen MR) is 109 cm³/mol. The van der Waals surface area contributed by atoms with E-state index in [4.69, 9.17) is 11.9 Å². The van der Waals surface area contributed by atoms with Crippen LogP contribution in [0.2, 0.25) is 0 Å². The van der Waals surface area contributed by atoms with Crippen molar-refractivity contribution in [3.05, 3.63) is 94.1 Å². The van der Waals surface area contributed by atoms with Crippen molar-refractivity contribution in [2.45, 2.75) is 6.18 Å². The van der Waals surface area contributed by atoms with E-state index in [1.54, 1.807) is 36.4 Å². The average Bonchev–Trinajstić information content (AvgIpc) is 2.68. The van der Waals surface area contributed by atoms with Gasteiger partial charge in [-0.3, -0.25) is 0 Å². The number of alkyl halides is 3. The molecule has 5 nitrogen and oxygen atoms in total. The number of halogens is 4. The molecule has 0 fully saturated rings. The number of para-hydroxylation sites is 2. The first-order chi connectivity index (χ1) is 13.8. The van der Waals surface area contributed by atoms with Crippen molar-refractivity contribution in [1.82, 2.24) is 0 Å². The van der Waals surface area contributed by atoms with Crippen LogP contribution in [0.3, 0.4) is 0 Å². The predicted octanol–water partition coefficient (Wildman–Crippen LogP) is 6.49. The molecule has 3 rings (SSSR count). The van der Waals surface area contributed by atoms with Crippen LogP contribution in [0.5, 0.6) is 11.5 Å². The fourth-order valence-corrected chi connectivity index (χ4v) is 6.90. The van der Waals surface area contributed by atoms with Gasteiger partial charge in [0.15, 0.2) is 0 Å². The Morgan fingerprint density at radius 2 is 1.31 bits per heavy atom. The van der Waals surface area contributed by atoms with Crippen molar-refractivity contribution in [2.75, 3.05) is 0 Å². The minimum atomic E-state index is -4.59. The number of hydrogen-bond acceptors (Lipinski definition) is 5. The normalized spacial score (nSPS) is 12.3. The van der Waals surface area contributed by atoms with Crippen LogP contribution in [0.15, 0.2) is 84.9 Å². The summed E-state index contributed by atoms with van der Waals surface area (Å²) in [6, 6.07) is 20.0. The monoisotopic (exact) mass is 538 g/mol. The number of rotatable bonds is 7. The van der Waals surface area contributed by atoms with E-state index >= 15 is 0 Å². The molecule has 0 aromatic heterocycles. The van der Waals surface area contributed by atoms with Gasteiger partial charge in [0.1, 0.15) is 0 Å². The number of phosphoric ester groups is 1. The summed E-state index contributed by atoms with van der Waals surface area (Å²) in [5, 5.41) is 0. The molecule has 0 aliphatic carbocycles. The Balaban J connectivity index is 1.87. The summed E-state index contributed by atoms with van der Waals surface area (Å²) in [5.74, 6) is 0.306. The molecule has 0 aliphatic heterocycles. The van der Waals surface area contributed by atoms with Crippen LogP contribution >= 0.6 is 28.5 Å². The van der Waals surface area contributed by atoms with Gasteiger partial charge in [-0.05, 0) is 0 Å². The zero-order chi connectivity index (χ0) is 20.9. The summed E-state index contributed by atoms with van der Waals surface area (Å²) >= 11 is -3.78. The van der Waals surface area contributed by atoms with Crippen LogP contribution in [-0.2, 0) is 13.6 Å². The summed E-state index contributed by atoms with van der Waals surface area (Å²) in [6.45, 7) is 0. The van der Waals surface area contributed by atoms with Crippen molar-refractivity contribution in [2.24, 2.45) is 0 Å². The molecule has 0 radical (unpaired) electrons. The van der Waals surface area contributed by atoms with E-state index < -0.39 is 40.2 Å². The second kappa shape index (κ2) is 9.17. The van der Waals surface area contributed by atoms with Crippen LogP contribution in [0.25, 0.3) is 0 Å². The van der Waals surface area contributed by atoms with Crippen molar-refractivity contribution >= 4 is 28.5 Å². The van der Waals surface area contributed by atoms with Gasteiger partial charge in [0.25, 0.3) is 0 Å². The van der Waals surface area contributed by atoms with Gasteiger partial charge in [0.2, 0.25) is 0 Å². The fourth-order valence-electron chi connectivity index (χ4n) is 2.15. The summed E-state index contributed by atoms with van der Waals surface area (Å²) < 4.78 is 78.3. The quantitative estimate of drug-likeness (QED) is 0.276. The molecule has 10 heteroatoms. The van der Waals surface area contributed by atoms with Crippen LogP contribution in [0.4, 0.5) is 13.2 Å². The Labute approximate surface area is 173 Å². The SMILES string of the molecule is O=P(Oc1ccccc1)(Oc1ccccc1)OI(O)c1cccc(C(F)(F)F)c1. The fraction of sp³-hybridized carbons (Fsp3) is 0.0526. The molecule has 3 aromatic rings. The topological polar surface area (TPSA) is 65.0 Å². The molecule has 29 heavy (non-hydrogen) atoms. The third-order valence-corrected chi connectivity index (χ3v) is 8.88. The van der Waals surface area contributed by atoms with Gasteiger partial charge >= 0.3 is 173 Å². The molecular formula is C19H15F3IO5P. The van der Waals surface area contributed by atoms with Gasteiger partial charge in [0.05, 0.1) is 0 Å². The second-order valence-electron chi connectivity index (χ2n) is 5.56. The van der Waals surface area contributed by atoms with E-state index in [1.165, 1.54) is 30.3 Å². The standard InChI is InChI=1S/C19H15F3IO5P/c20-19(21,22)15-8-7-9-16(14-15)23(24)28-29(25,26-17-10-3-1-4-11-17)27-18-12-5-2-6-13-18/h1-14,24H. The average molecular weight is 538 g/mol. The third kappa shape index (κ3) is 6.20. The van der Waals surface area contributed by atoms with Gasteiger partial charge in [-0.2, -0.15) is 0 Å². The molecule has 0 amide bonds. The first-order valence-electron chi connectivity index (χ1n) is 8.11. The molecule has 0 saturated carbocycles. The summed E-state index contributed by atoms with van der Waals surface area (Å²) in [5.41, 5.74) is -0.947. The Morgan fingerprint density at radius 1 is 0.793 bits per heavy atom. The summed E-state index contributed by atoms with van der Waals surface area (Å²) in [6.07, 6.45) is -4.59. The van der Waals surface area contributed by atoms with Crippen LogP contribution in [-0.4, -0.2) is 3.44 Å². The molecule has 0 unspecified atom stereocenters. The maximum atomic E-state index is 13.2. The van der Waals surface area contributed by atoms with Gasteiger partial charge in [-0.15, -0.1) is 0 Å². The third-order valence-electron chi connectivity index (χ3n) is 3.41. The molecule has 3 aromatic carbocycles. The van der Waals surface area contributed by atoms with E-state index in [0.29, 0.717) is 0 Å². The summed E-state index contributed by atoms with van der Waals surface area (Å²) in [4.78, 5) is 0. The Morgan fingerprint density at radius 3 is 1.79 bits per heavy atom. The van der Waals surface area contributed by atoms with E-state index in [2.05, 4.69) is 0 Å². The van der Waals surface area contributed by atoms with Gasteiger partial charge in [-0.1, -0.05) is 0 Å². The molecule has 1 N–H and O–H groups in total. The molecule has 154 valence electrons. The molecule has 0 atom stereocenters. The molecule has 0 bridgehead atoms. The van der Waals surface area contributed by atoms with Crippen LogP contribution in [0.1, 0.15) is 5.56 Å².